The van der Waals surface area contributed by atoms with Gasteiger partial charge in [0.25, 0.3) is 0 Å². The van der Waals surface area contributed by atoms with Crippen LogP contribution in [-0.2, 0) is 0 Å². The number of hydrogen-bond acceptors (Lipinski definition) is 3. The van der Waals surface area contributed by atoms with Crippen LogP contribution >= 0.6 is 0 Å². The van der Waals surface area contributed by atoms with Gasteiger partial charge in [0.1, 0.15) is 16.6 Å². The molecule has 6 heteroatoms. The van der Waals surface area contributed by atoms with Crippen LogP contribution in [0.3, 0.4) is 0 Å². The van der Waals surface area contributed by atoms with Crippen LogP contribution in [0.2, 0.25) is 0 Å². The largest absolute Gasteiger partial charge is 0.454 e. The van der Waals surface area contributed by atoms with E-state index < -0.39 is 0 Å². The van der Waals surface area contributed by atoms with E-state index in [1.165, 1.54) is 10.8 Å². The molecular weight excluding hydrogens is 446 g/mol. The van der Waals surface area contributed by atoms with E-state index in [0.29, 0.717) is 0 Å². The fraction of sp³-hybridized carbons (Fsp3) is 0. The van der Waals surface area contributed by atoms with Crippen molar-refractivity contribution in [2.75, 3.05) is 0 Å². The minimum atomic E-state index is 0.826. The van der Waals surface area contributed by atoms with Crippen molar-refractivity contribution in [2.45, 2.75) is 0 Å². The average molecular weight is 461 g/mol. The smallest absolute Gasteiger partial charge is 0.223 e. The molecule has 0 aliphatic heterocycles. The molecule has 0 aliphatic carbocycles. The Morgan fingerprint density at radius 3 is 2.28 bits per heavy atom. The molecule has 0 N–H and O–H groups in total. The van der Waals surface area contributed by atoms with Gasteiger partial charge in [0.2, 0.25) is 11.6 Å². The Balaban J connectivity index is 1.48. The summed E-state index contributed by atoms with van der Waals surface area (Å²) in [5.74, 6) is 1.72. The van der Waals surface area contributed by atoms with Crippen LogP contribution in [0.5, 0.6) is 0 Å². The molecular formula is C30H15N5O. The normalized spacial score (nSPS) is 13.0. The van der Waals surface area contributed by atoms with E-state index in [1.54, 1.807) is 0 Å². The fourth-order valence-electron chi connectivity index (χ4n) is 6.30. The minimum absolute atomic E-state index is 0.826. The van der Waals surface area contributed by atoms with Gasteiger partial charge in [-0.25, -0.2) is 14.4 Å². The highest BCUT2D eigenvalue weighted by Gasteiger charge is 2.25. The monoisotopic (exact) mass is 461 g/mol. The number of rotatable bonds is 0. The second-order valence-corrected chi connectivity index (χ2v) is 9.54. The molecule has 0 unspecified atom stereocenters. The molecule has 0 saturated carbocycles. The van der Waals surface area contributed by atoms with Crippen molar-refractivity contribution in [1.29, 1.82) is 0 Å². The summed E-state index contributed by atoms with van der Waals surface area (Å²) < 4.78 is 13.1. The van der Waals surface area contributed by atoms with Crippen molar-refractivity contribution in [3.05, 3.63) is 91.0 Å². The summed E-state index contributed by atoms with van der Waals surface area (Å²) in [5, 5.41) is 4.61. The van der Waals surface area contributed by atoms with Crippen molar-refractivity contribution in [2.24, 2.45) is 0 Å². The summed E-state index contributed by atoms with van der Waals surface area (Å²) in [7, 11) is 0. The van der Waals surface area contributed by atoms with Gasteiger partial charge in [0.15, 0.2) is 5.58 Å². The molecule has 5 heterocycles. The van der Waals surface area contributed by atoms with E-state index in [0.717, 1.165) is 72.1 Å². The van der Waals surface area contributed by atoms with E-state index in [-0.39, 0.29) is 0 Å². The van der Waals surface area contributed by atoms with E-state index in [1.807, 2.05) is 18.2 Å². The maximum atomic E-state index is 6.32. The summed E-state index contributed by atoms with van der Waals surface area (Å²) in [5.41, 5.74) is 9.09. The first-order valence-electron chi connectivity index (χ1n) is 12.0. The maximum absolute atomic E-state index is 6.32. The molecule has 0 amide bonds. The molecule has 0 aliphatic rings. The highest BCUT2D eigenvalue weighted by molar-refractivity contribution is 6.15. The first-order valence-corrected chi connectivity index (χ1v) is 12.0. The summed E-state index contributed by atoms with van der Waals surface area (Å²) in [4.78, 5) is 10.3. The predicted molar refractivity (Wildman–Crippen MR) is 143 cm³/mol. The summed E-state index contributed by atoms with van der Waals surface area (Å²) in [6.45, 7) is 0. The number of para-hydroxylation sites is 2. The number of aromatic nitrogens is 5. The lowest BCUT2D eigenvalue weighted by Gasteiger charge is -2.01. The van der Waals surface area contributed by atoms with Crippen molar-refractivity contribution in [1.82, 2.24) is 23.2 Å². The SMILES string of the molecule is c1ccc2c(c1)ccc1nc3n(c4cccc5c4n3c3nc4c6oc7ccccc7c6ccc4n53)c12. The summed E-state index contributed by atoms with van der Waals surface area (Å²) >= 11 is 0. The van der Waals surface area contributed by atoms with Crippen molar-refractivity contribution >= 4 is 82.9 Å². The highest BCUT2D eigenvalue weighted by atomic mass is 16.3. The Labute approximate surface area is 201 Å². The molecule has 0 radical (unpaired) electrons. The van der Waals surface area contributed by atoms with Crippen molar-refractivity contribution < 1.29 is 4.42 Å². The maximum Gasteiger partial charge on any atom is 0.223 e. The van der Waals surface area contributed by atoms with Gasteiger partial charge in [0.05, 0.1) is 27.6 Å². The molecule has 6 nitrogen and oxygen atoms in total. The van der Waals surface area contributed by atoms with Gasteiger partial charge in [-0.05, 0) is 41.8 Å². The van der Waals surface area contributed by atoms with Crippen LogP contribution in [0, 0.1) is 0 Å². The third-order valence-corrected chi connectivity index (χ3v) is 7.77. The van der Waals surface area contributed by atoms with Gasteiger partial charge in [-0.1, -0.05) is 54.6 Å². The van der Waals surface area contributed by atoms with Crippen molar-refractivity contribution in [3.63, 3.8) is 0 Å². The first-order chi connectivity index (χ1) is 17.9. The molecule has 5 aromatic heterocycles. The predicted octanol–water partition coefficient (Wildman–Crippen LogP) is 7.18. The second kappa shape index (κ2) is 5.58. The summed E-state index contributed by atoms with van der Waals surface area (Å²) in [6.07, 6.45) is 0. The standard InChI is InChI=1S/C30H15N5O/c1-2-7-17-16(6-1)12-14-20-26(17)34-23-10-5-9-22-27(23)35(29(34)31-20)30-32-25-21(33(22)30)15-13-19-18-8-3-4-11-24(18)36-28(19)25/h1-15H. The summed E-state index contributed by atoms with van der Waals surface area (Å²) in [6, 6.07) is 31.7. The van der Waals surface area contributed by atoms with E-state index in [4.69, 9.17) is 14.4 Å². The Morgan fingerprint density at radius 2 is 1.33 bits per heavy atom. The Hall–Kier alpha value is -5.10. The number of fused-ring (bicyclic) bond motifs is 16. The van der Waals surface area contributed by atoms with Crippen LogP contribution in [0.1, 0.15) is 0 Å². The topological polar surface area (TPSA) is 52.2 Å². The lowest BCUT2D eigenvalue weighted by Crippen LogP contribution is -1.87. The molecule has 10 aromatic rings. The number of nitrogens with zero attached hydrogens (tertiary/aromatic N) is 5. The number of benzene rings is 5. The van der Waals surface area contributed by atoms with E-state index in [9.17, 15) is 0 Å². The van der Waals surface area contributed by atoms with Gasteiger partial charge < -0.3 is 4.42 Å². The third-order valence-electron chi connectivity index (χ3n) is 7.77. The number of hydrogen-bond donors (Lipinski definition) is 0. The Morgan fingerprint density at radius 1 is 0.528 bits per heavy atom. The van der Waals surface area contributed by atoms with Gasteiger partial charge in [-0.2, -0.15) is 0 Å². The zero-order chi connectivity index (χ0) is 23.1. The van der Waals surface area contributed by atoms with Gasteiger partial charge in [-0.15, -0.1) is 0 Å². The average Bonchev–Trinajstić information content (AvgIpc) is 3.69. The second-order valence-electron chi connectivity index (χ2n) is 9.54. The zero-order valence-corrected chi connectivity index (χ0v) is 18.8. The first kappa shape index (κ1) is 17.4. The van der Waals surface area contributed by atoms with Gasteiger partial charge in [0, 0.05) is 16.2 Å². The van der Waals surface area contributed by atoms with Crippen LogP contribution < -0.4 is 0 Å². The molecule has 5 aromatic carbocycles. The Bertz CT molecular complexity index is 2540. The molecule has 36 heavy (non-hydrogen) atoms. The number of furan rings is 1. The molecule has 0 fully saturated rings. The molecule has 0 spiro atoms. The van der Waals surface area contributed by atoms with E-state index in [2.05, 4.69) is 86.0 Å². The van der Waals surface area contributed by atoms with Crippen LogP contribution in [0.25, 0.3) is 82.9 Å². The molecule has 166 valence electrons. The van der Waals surface area contributed by atoms with Gasteiger partial charge in [-0.3, -0.25) is 8.80 Å². The lowest BCUT2D eigenvalue weighted by atomic mass is 10.1. The lowest BCUT2D eigenvalue weighted by molar-refractivity contribution is 0.672. The minimum Gasteiger partial charge on any atom is -0.454 e. The zero-order valence-electron chi connectivity index (χ0n) is 18.8. The highest BCUT2D eigenvalue weighted by Crippen LogP contribution is 2.39. The van der Waals surface area contributed by atoms with Crippen LogP contribution in [0.4, 0.5) is 0 Å². The molecule has 0 atom stereocenters. The molecule has 0 bridgehead atoms. The molecule has 10 rings (SSSR count). The van der Waals surface area contributed by atoms with Gasteiger partial charge >= 0.3 is 0 Å². The van der Waals surface area contributed by atoms with Crippen molar-refractivity contribution in [3.8, 4) is 0 Å². The third kappa shape index (κ3) is 1.76. The Kier molecular flexibility index (Phi) is 2.69. The van der Waals surface area contributed by atoms with Crippen LogP contribution in [-0.4, -0.2) is 23.2 Å². The van der Waals surface area contributed by atoms with Crippen LogP contribution in [0.15, 0.2) is 95.4 Å². The quantitative estimate of drug-likeness (QED) is 0.240. The van der Waals surface area contributed by atoms with E-state index >= 15 is 0 Å². The number of imidazole rings is 4. The fourth-order valence-corrected chi connectivity index (χ4v) is 6.30. The molecule has 0 saturated heterocycles.